The van der Waals surface area contributed by atoms with E-state index in [1.807, 2.05) is 6.92 Å². The zero-order chi connectivity index (χ0) is 14.3. The van der Waals surface area contributed by atoms with Gasteiger partial charge in [-0.15, -0.1) is 24.0 Å². The number of aliphatic imine (C=N–C) groups is 1. The van der Waals surface area contributed by atoms with Crippen LogP contribution in [-0.2, 0) is 4.74 Å². The molecule has 0 saturated carbocycles. The van der Waals surface area contributed by atoms with Crippen molar-refractivity contribution in [1.29, 1.82) is 0 Å². The third-order valence-corrected chi connectivity index (χ3v) is 3.64. The maximum Gasteiger partial charge on any atom is 0.188 e. The number of hydrogen-bond acceptors (Lipinski definition) is 3. The number of ether oxygens (including phenoxy) is 1. The van der Waals surface area contributed by atoms with Crippen LogP contribution < -0.4 is 11.1 Å². The lowest BCUT2D eigenvalue weighted by Gasteiger charge is -2.29. The number of nitrogens with zero attached hydrogens (tertiary/aromatic N) is 2. The highest BCUT2D eigenvalue weighted by atomic mass is 127. The van der Waals surface area contributed by atoms with Crippen LogP contribution in [0.4, 0.5) is 0 Å². The van der Waals surface area contributed by atoms with Gasteiger partial charge in [0.05, 0.1) is 13.2 Å². The molecule has 5 nitrogen and oxygen atoms in total. The topological polar surface area (TPSA) is 62.9 Å². The molecule has 1 saturated heterocycles. The van der Waals surface area contributed by atoms with Crippen molar-refractivity contribution < 1.29 is 4.74 Å². The number of halogens is 1. The Hall–Kier alpha value is -0.0800. The molecular weight excluding hydrogens is 367 g/mol. The summed E-state index contributed by atoms with van der Waals surface area (Å²) in [4.78, 5) is 7.04. The fourth-order valence-electron chi connectivity index (χ4n) is 2.60. The number of nitrogens with two attached hydrogens (primary N) is 1. The maximum absolute atomic E-state index is 5.92. The zero-order valence-corrected chi connectivity index (χ0v) is 15.6. The van der Waals surface area contributed by atoms with Crippen molar-refractivity contribution in [3.63, 3.8) is 0 Å². The number of guanidine groups is 1. The first kappa shape index (κ1) is 19.9. The van der Waals surface area contributed by atoms with Crippen LogP contribution in [0.25, 0.3) is 0 Å². The summed E-state index contributed by atoms with van der Waals surface area (Å²) >= 11 is 0. The Morgan fingerprint density at radius 3 is 2.40 bits per heavy atom. The molecule has 1 heterocycles. The normalized spacial score (nSPS) is 19.8. The van der Waals surface area contributed by atoms with Gasteiger partial charge in [0.2, 0.25) is 0 Å². The highest BCUT2D eigenvalue weighted by Crippen LogP contribution is 2.17. The van der Waals surface area contributed by atoms with E-state index in [0.717, 1.165) is 6.54 Å². The summed E-state index contributed by atoms with van der Waals surface area (Å²) in [7, 11) is 1.69. The molecule has 0 spiro atoms. The van der Waals surface area contributed by atoms with Gasteiger partial charge in [-0.1, -0.05) is 13.8 Å². The van der Waals surface area contributed by atoms with E-state index in [9.17, 15) is 0 Å². The Kier molecular flexibility index (Phi) is 10.6. The van der Waals surface area contributed by atoms with Gasteiger partial charge in [0.1, 0.15) is 0 Å². The van der Waals surface area contributed by atoms with Crippen molar-refractivity contribution in [3.8, 4) is 0 Å². The van der Waals surface area contributed by atoms with Gasteiger partial charge < -0.3 is 15.8 Å². The van der Waals surface area contributed by atoms with Crippen molar-refractivity contribution >= 4 is 29.9 Å². The van der Waals surface area contributed by atoms with E-state index in [2.05, 4.69) is 29.1 Å². The van der Waals surface area contributed by atoms with E-state index in [1.165, 1.54) is 25.9 Å². The summed E-state index contributed by atoms with van der Waals surface area (Å²) in [5.74, 6) is 1.13. The van der Waals surface area contributed by atoms with Crippen LogP contribution >= 0.6 is 24.0 Å². The van der Waals surface area contributed by atoms with E-state index in [0.29, 0.717) is 24.5 Å². The highest BCUT2D eigenvalue weighted by Gasteiger charge is 2.24. The van der Waals surface area contributed by atoms with Gasteiger partial charge in [0, 0.05) is 19.2 Å². The first-order valence-electron chi connectivity index (χ1n) is 7.34. The molecule has 6 heteroatoms. The third-order valence-electron chi connectivity index (χ3n) is 3.64. The van der Waals surface area contributed by atoms with Crippen LogP contribution in [-0.4, -0.2) is 56.3 Å². The fourth-order valence-corrected chi connectivity index (χ4v) is 2.60. The molecule has 2 atom stereocenters. The minimum absolute atomic E-state index is 0. The molecule has 3 N–H and O–H groups in total. The van der Waals surface area contributed by atoms with Crippen LogP contribution in [0.1, 0.15) is 33.6 Å². The predicted molar refractivity (Wildman–Crippen MR) is 95.8 cm³/mol. The number of methoxy groups -OCH3 is 1. The highest BCUT2D eigenvalue weighted by molar-refractivity contribution is 14.0. The Labute approximate surface area is 140 Å². The quantitative estimate of drug-likeness (QED) is 0.389. The molecule has 0 bridgehead atoms. The first-order chi connectivity index (χ1) is 9.04. The summed E-state index contributed by atoms with van der Waals surface area (Å²) in [6.45, 7) is 10.4. The van der Waals surface area contributed by atoms with Gasteiger partial charge >= 0.3 is 0 Å². The van der Waals surface area contributed by atoms with Crippen molar-refractivity contribution in [2.24, 2.45) is 16.6 Å². The molecule has 1 rings (SSSR count). The lowest BCUT2D eigenvalue weighted by atomic mass is 10.0. The van der Waals surface area contributed by atoms with Gasteiger partial charge in [0.15, 0.2) is 5.96 Å². The SMILES string of the molecule is COCC(C)NC(N)=NCC(C(C)C)N1CCCC1.I. The van der Waals surface area contributed by atoms with Gasteiger partial charge in [-0.3, -0.25) is 9.89 Å². The van der Waals surface area contributed by atoms with Crippen LogP contribution in [0, 0.1) is 5.92 Å². The standard InChI is InChI=1S/C14H30N4O.HI/c1-11(2)13(18-7-5-6-8-18)9-16-14(15)17-12(3)10-19-4;/h11-13H,5-10H2,1-4H3,(H3,15,16,17);1H. The maximum atomic E-state index is 5.92. The number of nitrogens with one attached hydrogen (secondary N) is 1. The second-order valence-corrected chi connectivity index (χ2v) is 5.78. The zero-order valence-electron chi connectivity index (χ0n) is 13.3. The minimum atomic E-state index is 0. The van der Waals surface area contributed by atoms with E-state index in [4.69, 9.17) is 10.5 Å². The molecule has 1 aliphatic heterocycles. The molecule has 0 aromatic carbocycles. The summed E-state index contributed by atoms with van der Waals surface area (Å²) in [5, 5.41) is 3.15. The second-order valence-electron chi connectivity index (χ2n) is 5.78. The molecule has 0 aromatic heterocycles. The lowest BCUT2D eigenvalue weighted by molar-refractivity contribution is 0.179. The molecule has 20 heavy (non-hydrogen) atoms. The minimum Gasteiger partial charge on any atom is -0.383 e. The number of hydrogen-bond donors (Lipinski definition) is 2. The third kappa shape index (κ3) is 7.08. The summed E-state index contributed by atoms with van der Waals surface area (Å²) in [6, 6.07) is 0.693. The van der Waals surface area contributed by atoms with Crippen molar-refractivity contribution in [1.82, 2.24) is 10.2 Å². The molecule has 0 amide bonds. The Bertz CT molecular complexity index is 280. The summed E-state index contributed by atoms with van der Waals surface area (Å²) in [5.41, 5.74) is 5.92. The molecule has 1 fully saturated rings. The Morgan fingerprint density at radius 1 is 1.30 bits per heavy atom. The molecule has 0 aromatic rings. The van der Waals surface area contributed by atoms with Gasteiger partial charge in [-0.25, -0.2) is 0 Å². The Morgan fingerprint density at radius 2 is 1.90 bits per heavy atom. The van der Waals surface area contributed by atoms with Crippen molar-refractivity contribution in [2.75, 3.05) is 33.4 Å². The van der Waals surface area contributed by atoms with Crippen LogP contribution in [0.15, 0.2) is 4.99 Å². The first-order valence-corrected chi connectivity index (χ1v) is 7.34. The predicted octanol–water partition coefficient (Wildman–Crippen LogP) is 1.66. The van der Waals surface area contributed by atoms with E-state index < -0.39 is 0 Å². The monoisotopic (exact) mass is 398 g/mol. The van der Waals surface area contributed by atoms with Crippen LogP contribution in [0.2, 0.25) is 0 Å². The smallest absolute Gasteiger partial charge is 0.188 e. The molecule has 120 valence electrons. The van der Waals surface area contributed by atoms with Crippen molar-refractivity contribution in [3.05, 3.63) is 0 Å². The molecule has 0 radical (unpaired) electrons. The average Bonchev–Trinajstić information content (AvgIpc) is 2.82. The molecule has 2 unspecified atom stereocenters. The van der Waals surface area contributed by atoms with E-state index in [1.54, 1.807) is 7.11 Å². The summed E-state index contributed by atoms with van der Waals surface area (Å²) < 4.78 is 5.07. The van der Waals surface area contributed by atoms with E-state index in [-0.39, 0.29) is 30.0 Å². The average molecular weight is 398 g/mol. The number of rotatable bonds is 7. The molecular formula is C14H31IN4O. The summed E-state index contributed by atoms with van der Waals surface area (Å²) in [6.07, 6.45) is 2.62. The van der Waals surface area contributed by atoms with Crippen LogP contribution in [0.5, 0.6) is 0 Å². The number of likely N-dealkylation sites (tertiary alicyclic amines) is 1. The van der Waals surface area contributed by atoms with Gasteiger partial charge in [-0.05, 0) is 38.8 Å². The van der Waals surface area contributed by atoms with E-state index >= 15 is 0 Å². The Balaban J connectivity index is 0.00000361. The molecule has 0 aliphatic carbocycles. The lowest BCUT2D eigenvalue weighted by Crippen LogP contribution is -2.43. The largest absolute Gasteiger partial charge is 0.383 e. The fraction of sp³-hybridized carbons (Fsp3) is 0.929. The van der Waals surface area contributed by atoms with Crippen molar-refractivity contribution in [2.45, 2.75) is 45.7 Å². The van der Waals surface area contributed by atoms with Gasteiger partial charge in [-0.2, -0.15) is 0 Å². The van der Waals surface area contributed by atoms with Crippen LogP contribution in [0.3, 0.4) is 0 Å². The molecule has 1 aliphatic rings. The second kappa shape index (κ2) is 10.6. The van der Waals surface area contributed by atoms with Gasteiger partial charge in [0.25, 0.3) is 0 Å².